The van der Waals surface area contributed by atoms with E-state index in [1.165, 1.54) is 21.0 Å². The lowest BCUT2D eigenvalue weighted by molar-refractivity contribution is -0.563. The van der Waals surface area contributed by atoms with Crippen LogP contribution in [0, 0.1) is 10.1 Å². The van der Waals surface area contributed by atoms with Crippen molar-refractivity contribution in [2.24, 2.45) is 0 Å². The van der Waals surface area contributed by atoms with Crippen LogP contribution in [0.15, 0.2) is 30.3 Å². The molecule has 0 unspecified atom stereocenters. The Morgan fingerprint density at radius 1 is 1.35 bits per heavy atom. The van der Waals surface area contributed by atoms with Crippen LogP contribution in [0.25, 0.3) is 0 Å². The van der Waals surface area contributed by atoms with E-state index >= 15 is 0 Å². The van der Waals surface area contributed by atoms with Crippen molar-refractivity contribution in [3.8, 4) is 0 Å². The Kier molecular flexibility index (Phi) is 5.21. The van der Waals surface area contributed by atoms with Gasteiger partial charge in [0.15, 0.2) is 6.04 Å². The van der Waals surface area contributed by atoms with Gasteiger partial charge in [0.1, 0.15) is 0 Å². The van der Waals surface area contributed by atoms with Crippen LogP contribution in [-0.4, -0.2) is 29.6 Å². The van der Waals surface area contributed by atoms with E-state index in [4.69, 9.17) is 0 Å². The number of nitrogens with one attached hydrogen (secondary N) is 1. The number of carbonyl (C=O) groups is 1. The van der Waals surface area contributed by atoms with Gasteiger partial charge < -0.3 is 4.74 Å². The lowest BCUT2D eigenvalue weighted by Crippen LogP contribution is -2.57. The Morgan fingerprint density at radius 2 is 1.90 bits per heavy atom. The molecule has 0 heterocycles. The number of esters is 1. The molecule has 6 nitrogen and oxygen atoms in total. The van der Waals surface area contributed by atoms with Crippen molar-refractivity contribution in [2.75, 3.05) is 7.11 Å². The molecular weight excluding hydrogens is 260 g/mol. The summed E-state index contributed by atoms with van der Waals surface area (Å²) >= 11 is 0. The quantitative estimate of drug-likeness (QED) is 0.489. The smallest absolute Gasteiger partial charge is 0.330 e. The molecule has 1 N–H and O–H groups in total. The molecule has 0 radical (unpaired) electrons. The molecule has 0 aromatic heterocycles. The maximum atomic E-state index is 11.8. The van der Waals surface area contributed by atoms with Crippen molar-refractivity contribution in [3.05, 3.63) is 46.0 Å². The van der Waals surface area contributed by atoms with E-state index < -0.39 is 22.5 Å². The summed E-state index contributed by atoms with van der Waals surface area (Å²) in [6.07, 6.45) is 0. The van der Waals surface area contributed by atoms with Gasteiger partial charge in [0, 0.05) is 24.8 Å². The van der Waals surface area contributed by atoms with Crippen molar-refractivity contribution in [1.29, 1.82) is 0 Å². The van der Waals surface area contributed by atoms with Crippen LogP contribution >= 0.6 is 0 Å². The molecule has 0 aliphatic heterocycles. The van der Waals surface area contributed by atoms with E-state index in [0.717, 1.165) is 5.56 Å². The molecule has 0 aliphatic rings. The average molecular weight is 280 g/mol. The van der Waals surface area contributed by atoms with E-state index in [2.05, 4.69) is 10.1 Å². The minimum absolute atomic E-state index is 0.209. The van der Waals surface area contributed by atoms with Crippen molar-refractivity contribution in [1.82, 2.24) is 5.32 Å². The number of rotatable bonds is 6. The standard InChI is InChI=1S/C14H20N2O4/c1-10(11-8-6-5-7-9-11)15-12(13(17)20-4)14(2,3)16(18)19/h5-10,12,15H,1-4H3/t10-,12+/m1/s1. The van der Waals surface area contributed by atoms with E-state index in [9.17, 15) is 14.9 Å². The zero-order valence-corrected chi connectivity index (χ0v) is 12.1. The summed E-state index contributed by atoms with van der Waals surface area (Å²) in [6, 6.07) is 8.18. The van der Waals surface area contributed by atoms with Gasteiger partial charge in [-0.25, -0.2) is 0 Å². The summed E-state index contributed by atoms with van der Waals surface area (Å²) in [7, 11) is 1.22. The fourth-order valence-electron chi connectivity index (χ4n) is 1.87. The molecule has 2 atom stereocenters. The minimum atomic E-state index is -1.46. The first-order chi connectivity index (χ1) is 9.30. The minimum Gasteiger partial charge on any atom is -0.468 e. The van der Waals surface area contributed by atoms with E-state index in [0.29, 0.717) is 0 Å². The van der Waals surface area contributed by atoms with Crippen LogP contribution in [0.1, 0.15) is 32.4 Å². The maximum absolute atomic E-state index is 11.8. The van der Waals surface area contributed by atoms with Gasteiger partial charge in [-0.1, -0.05) is 30.3 Å². The normalized spacial score (nSPS) is 14.4. The number of benzene rings is 1. The third-order valence-corrected chi connectivity index (χ3v) is 3.33. The van der Waals surface area contributed by atoms with Gasteiger partial charge in [0.05, 0.1) is 7.11 Å². The van der Waals surface area contributed by atoms with Crippen molar-refractivity contribution in [2.45, 2.75) is 38.4 Å². The first-order valence-corrected chi connectivity index (χ1v) is 6.34. The number of nitrogens with zero attached hydrogens (tertiary/aromatic N) is 1. The molecule has 0 fully saturated rings. The van der Waals surface area contributed by atoms with Gasteiger partial charge in [-0.05, 0) is 12.5 Å². The monoisotopic (exact) mass is 280 g/mol. The summed E-state index contributed by atoms with van der Waals surface area (Å²) in [5, 5.41) is 14.1. The van der Waals surface area contributed by atoms with Crippen LogP contribution < -0.4 is 5.32 Å². The molecule has 1 rings (SSSR count). The summed E-state index contributed by atoms with van der Waals surface area (Å²) in [6.45, 7) is 4.65. The number of hydrogen-bond donors (Lipinski definition) is 1. The number of nitro groups is 1. The number of ether oxygens (including phenoxy) is 1. The molecule has 0 spiro atoms. The summed E-state index contributed by atoms with van der Waals surface area (Å²) in [4.78, 5) is 22.5. The Bertz CT molecular complexity index is 473. The lowest BCUT2D eigenvalue weighted by atomic mass is 9.93. The Labute approximate surface area is 118 Å². The third kappa shape index (κ3) is 3.54. The summed E-state index contributed by atoms with van der Waals surface area (Å²) in [5.74, 6) is -0.644. The first-order valence-electron chi connectivity index (χ1n) is 6.34. The average Bonchev–Trinajstić information content (AvgIpc) is 2.44. The molecule has 20 heavy (non-hydrogen) atoms. The van der Waals surface area contributed by atoms with Crippen LogP contribution in [0.5, 0.6) is 0 Å². The fourth-order valence-corrected chi connectivity index (χ4v) is 1.87. The van der Waals surface area contributed by atoms with Gasteiger partial charge in [-0.3, -0.25) is 20.2 Å². The molecule has 1 aromatic carbocycles. The lowest BCUT2D eigenvalue weighted by Gasteiger charge is -2.28. The second kappa shape index (κ2) is 6.47. The second-order valence-corrected chi connectivity index (χ2v) is 5.17. The maximum Gasteiger partial charge on any atom is 0.330 e. The van der Waals surface area contributed by atoms with E-state index in [-0.39, 0.29) is 6.04 Å². The molecule has 0 bridgehead atoms. The molecule has 6 heteroatoms. The predicted octanol–water partition coefficient (Wildman–Crippen LogP) is 1.93. The Morgan fingerprint density at radius 3 is 2.35 bits per heavy atom. The molecule has 0 saturated heterocycles. The molecule has 0 amide bonds. The highest BCUT2D eigenvalue weighted by Gasteiger charge is 2.46. The fraction of sp³-hybridized carbons (Fsp3) is 0.500. The van der Waals surface area contributed by atoms with Gasteiger partial charge in [0.25, 0.3) is 0 Å². The Hall–Kier alpha value is -1.95. The molecule has 1 aromatic rings. The third-order valence-electron chi connectivity index (χ3n) is 3.33. The SMILES string of the molecule is COC(=O)[C@H](N[C@H](C)c1ccccc1)C(C)(C)[N+](=O)[O-]. The highest BCUT2D eigenvalue weighted by atomic mass is 16.6. The highest BCUT2D eigenvalue weighted by Crippen LogP contribution is 2.20. The van der Waals surface area contributed by atoms with E-state index in [1.807, 2.05) is 37.3 Å². The van der Waals surface area contributed by atoms with Crippen molar-refractivity contribution < 1.29 is 14.5 Å². The number of carbonyl (C=O) groups excluding carboxylic acids is 1. The largest absolute Gasteiger partial charge is 0.468 e. The predicted molar refractivity (Wildman–Crippen MR) is 74.9 cm³/mol. The van der Waals surface area contributed by atoms with Gasteiger partial charge >= 0.3 is 5.97 Å². The van der Waals surface area contributed by atoms with E-state index in [1.54, 1.807) is 0 Å². The second-order valence-electron chi connectivity index (χ2n) is 5.17. The number of methoxy groups -OCH3 is 1. The zero-order valence-electron chi connectivity index (χ0n) is 12.1. The molecule has 0 saturated carbocycles. The van der Waals surface area contributed by atoms with Crippen LogP contribution in [-0.2, 0) is 9.53 Å². The van der Waals surface area contributed by atoms with Crippen LogP contribution in [0.3, 0.4) is 0 Å². The summed E-state index contributed by atoms with van der Waals surface area (Å²) in [5.41, 5.74) is -0.517. The Balaban J connectivity index is 2.97. The topological polar surface area (TPSA) is 81.5 Å². The van der Waals surface area contributed by atoms with Crippen LogP contribution in [0.4, 0.5) is 0 Å². The van der Waals surface area contributed by atoms with Crippen molar-refractivity contribution in [3.63, 3.8) is 0 Å². The molecule has 110 valence electrons. The number of hydrogen-bond acceptors (Lipinski definition) is 5. The van der Waals surface area contributed by atoms with Crippen molar-refractivity contribution >= 4 is 5.97 Å². The zero-order chi connectivity index (χ0) is 15.3. The van der Waals surface area contributed by atoms with Gasteiger partial charge in [0.2, 0.25) is 5.54 Å². The first kappa shape index (κ1) is 16.1. The van der Waals surface area contributed by atoms with Gasteiger partial charge in [-0.15, -0.1) is 0 Å². The molecular formula is C14H20N2O4. The molecule has 0 aliphatic carbocycles. The highest BCUT2D eigenvalue weighted by molar-refractivity contribution is 5.77. The van der Waals surface area contributed by atoms with Crippen LogP contribution in [0.2, 0.25) is 0 Å². The summed E-state index contributed by atoms with van der Waals surface area (Å²) < 4.78 is 4.68. The van der Waals surface area contributed by atoms with Gasteiger partial charge in [-0.2, -0.15) is 0 Å².